The maximum absolute atomic E-state index is 12.2. The number of methoxy groups -OCH3 is 2. The fourth-order valence-corrected chi connectivity index (χ4v) is 2.58. The molecule has 146 valence electrons. The summed E-state index contributed by atoms with van der Waals surface area (Å²) in [5, 5.41) is 10.4. The number of rotatable bonds is 8. The Labute approximate surface area is 162 Å². The molecule has 0 unspecified atom stereocenters. The number of amides is 1. The Bertz CT molecular complexity index is 937. The first-order valence-corrected chi connectivity index (χ1v) is 8.70. The van der Waals surface area contributed by atoms with Gasteiger partial charge in [0.15, 0.2) is 11.5 Å². The summed E-state index contributed by atoms with van der Waals surface area (Å²) >= 11 is 0. The van der Waals surface area contributed by atoms with Crippen LogP contribution >= 0.6 is 0 Å². The van der Waals surface area contributed by atoms with Gasteiger partial charge >= 0.3 is 6.01 Å². The molecule has 1 N–H and O–H groups in total. The predicted octanol–water partition coefficient (Wildman–Crippen LogP) is 3.33. The summed E-state index contributed by atoms with van der Waals surface area (Å²) in [6, 6.07) is 12.6. The van der Waals surface area contributed by atoms with Crippen LogP contribution in [0, 0.1) is 0 Å². The highest BCUT2D eigenvalue weighted by atomic mass is 16.5. The Morgan fingerprint density at radius 3 is 2.46 bits per heavy atom. The van der Waals surface area contributed by atoms with E-state index in [2.05, 4.69) is 15.5 Å². The van der Waals surface area contributed by atoms with Gasteiger partial charge in [-0.1, -0.05) is 17.2 Å². The van der Waals surface area contributed by atoms with Crippen molar-refractivity contribution in [1.29, 1.82) is 0 Å². The van der Waals surface area contributed by atoms with E-state index in [-0.39, 0.29) is 24.2 Å². The third kappa shape index (κ3) is 4.59. The second-order valence-corrected chi connectivity index (χ2v) is 5.78. The van der Waals surface area contributed by atoms with Crippen LogP contribution in [0.25, 0.3) is 11.5 Å². The van der Waals surface area contributed by atoms with Crippen molar-refractivity contribution in [3.05, 3.63) is 48.0 Å². The number of benzene rings is 2. The van der Waals surface area contributed by atoms with Crippen LogP contribution in [0.1, 0.15) is 12.5 Å². The number of carbonyl (C=O) groups is 1. The molecule has 1 aromatic heterocycles. The SMILES string of the molecule is CCOc1ccc(CC(=O)Nc2nnc(-c3ccc(OC)c(OC)c3)o2)cc1. The van der Waals surface area contributed by atoms with Crippen LogP contribution in [-0.2, 0) is 11.2 Å². The Balaban J connectivity index is 1.64. The monoisotopic (exact) mass is 383 g/mol. The van der Waals surface area contributed by atoms with Crippen LogP contribution in [0.2, 0.25) is 0 Å². The molecule has 2 aromatic carbocycles. The number of nitrogens with one attached hydrogen (secondary N) is 1. The topological polar surface area (TPSA) is 95.7 Å². The molecule has 0 radical (unpaired) electrons. The van der Waals surface area contributed by atoms with Crippen LogP contribution in [0.3, 0.4) is 0 Å². The van der Waals surface area contributed by atoms with E-state index in [0.717, 1.165) is 11.3 Å². The number of hydrogen-bond donors (Lipinski definition) is 1. The zero-order chi connectivity index (χ0) is 19.9. The van der Waals surface area contributed by atoms with Crippen molar-refractivity contribution in [3.8, 4) is 28.7 Å². The highest BCUT2D eigenvalue weighted by Crippen LogP contribution is 2.32. The zero-order valence-electron chi connectivity index (χ0n) is 15.9. The van der Waals surface area contributed by atoms with Crippen molar-refractivity contribution in [2.75, 3.05) is 26.1 Å². The number of ether oxygens (including phenoxy) is 3. The number of hydrogen-bond acceptors (Lipinski definition) is 7. The molecule has 0 saturated heterocycles. The number of carbonyl (C=O) groups excluding carboxylic acids is 1. The van der Waals surface area contributed by atoms with Crippen LogP contribution in [-0.4, -0.2) is 36.9 Å². The molecule has 0 atom stereocenters. The second-order valence-electron chi connectivity index (χ2n) is 5.78. The average molecular weight is 383 g/mol. The highest BCUT2D eigenvalue weighted by Gasteiger charge is 2.14. The van der Waals surface area contributed by atoms with Gasteiger partial charge in [0, 0.05) is 5.56 Å². The van der Waals surface area contributed by atoms with E-state index in [1.54, 1.807) is 32.4 Å². The van der Waals surface area contributed by atoms with Gasteiger partial charge in [0.2, 0.25) is 11.8 Å². The van der Waals surface area contributed by atoms with Crippen molar-refractivity contribution in [1.82, 2.24) is 10.2 Å². The third-order valence-electron chi connectivity index (χ3n) is 3.90. The molecule has 8 nitrogen and oxygen atoms in total. The first-order valence-electron chi connectivity index (χ1n) is 8.70. The molecule has 3 rings (SSSR count). The zero-order valence-corrected chi connectivity index (χ0v) is 15.9. The van der Waals surface area contributed by atoms with Crippen LogP contribution < -0.4 is 19.5 Å². The van der Waals surface area contributed by atoms with Crippen molar-refractivity contribution >= 4 is 11.9 Å². The summed E-state index contributed by atoms with van der Waals surface area (Å²) in [6.45, 7) is 2.52. The Kier molecular flexibility index (Phi) is 6.11. The van der Waals surface area contributed by atoms with Crippen LogP contribution in [0.15, 0.2) is 46.9 Å². The summed E-state index contributed by atoms with van der Waals surface area (Å²) < 4.78 is 21.4. The molecule has 0 saturated carbocycles. The number of anilines is 1. The third-order valence-corrected chi connectivity index (χ3v) is 3.90. The van der Waals surface area contributed by atoms with E-state index in [4.69, 9.17) is 18.6 Å². The minimum absolute atomic E-state index is 0.0284. The van der Waals surface area contributed by atoms with Gasteiger partial charge < -0.3 is 18.6 Å². The summed E-state index contributed by atoms with van der Waals surface area (Å²) in [5.41, 5.74) is 1.50. The largest absolute Gasteiger partial charge is 0.494 e. The van der Waals surface area contributed by atoms with Gasteiger partial charge in [-0.2, -0.15) is 0 Å². The molecule has 3 aromatic rings. The van der Waals surface area contributed by atoms with Gasteiger partial charge in [-0.05, 0) is 42.8 Å². The quantitative estimate of drug-likeness (QED) is 0.637. The van der Waals surface area contributed by atoms with E-state index >= 15 is 0 Å². The van der Waals surface area contributed by atoms with Crippen molar-refractivity contribution < 1.29 is 23.4 Å². The molecular formula is C20H21N3O5. The lowest BCUT2D eigenvalue weighted by atomic mass is 10.1. The summed E-state index contributed by atoms with van der Waals surface area (Å²) in [7, 11) is 3.10. The average Bonchev–Trinajstić information content (AvgIpc) is 3.17. The van der Waals surface area contributed by atoms with E-state index < -0.39 is 0 Å². The lowest BCUT2D eigenvalue weighted by Crippen LogP contribution is -2.14. The van der Waals surface area contributed by atoms with Crippen LogP contribution in [0.5, 0.6) is 17.2 Å². The molecule has 0 spiro atoms. The molecule has 0 bridgehead atoms. The fourth-order valence-electron chi connectivity index (χ4n) is 2.58. The van der Waals surface area contributed by atoms with E-state index in [0.29, 0.717) is 23.7 Å². The lowest BCUT2D eigenvalue weighted by Gasteiger charge is -2.07. The molecule has 0 aliphatic heterocycles. The molecule has 8 heteroatoms. The molecule has 28 heavy (non-hydrogen) atoms. The minimum atomic E-state index is -0.258. The smallest absolute Gasteiger partial charge is 0.322 e. The van der Waals surface area contributed by atoms with Crippen molar-refractivity contribution in [3.63, 3.8) is 0 Å². The lowest BCUT2D eigenvalue weighted by molar-refractivity contribution is -0.115. The molecule has 0 fully saturated rings. The van der Waals surface area contributed by atoms with Crippen molar-refractivity contribution in [2.45, 2.75) is 13.3 Å². The van der Waals surface area contributed by atoms with Gasteiger partial charge in [-0.25, -0.2) is 0 Å². The summed E-state index contributed by atoms with van der Waals surface area (Å²) in [5.74, 6) is 1.90. The molecule has 1 amide bonds. The van der Waals surface area contributed by atoms with E-state index in [1.165, 1.54) is 0 Å². The standard InChI is InChI=1S/C20H21N3O5/c1-4-27-15-8-5-13(6-9-15)11-18(24)21-20-23-22-19(28-20)14-7-10-16(25-2)17(12-14)26-3/h5-10,12H,4,11H2,1-3H3,(H,21,23,24). The summed E-state index contributed by atoms with van der Waals surface area (Å²) in [4.78, 5) is 12.2. The maximum atomic E-state index is 12.2. The Morgan fingerprint density at radius 2 is 1.79 bits per heavy atom. The van der Waals surface area contributed by atoms with Crippen molar-refractivity contribution in [2.24, 2.45) is 0 Å². The first-order chi connectivity index (χ1) is 13.6. The number of nitrogens with zero attached hydrogens (tertiary/aromatic N) is 2. The molecular weight excluding hydrogens is 362 g/mol. The molecule has 1 heterocycles. The van der Waals surface area contributed by atoms with E-state index in [1.807, 2.05) is 31.2 Å². The van der Waals surface area contributed by atoms with Gasteiger partial charge in [0.1, 0.15) is 5.75 Å². The second kappa shape index (κ2) is 8.90. The van der Waals surface area contributed by atoms with Gasteiger partial charge in [-0.3, -0.25) is 10.1 Å². The maximum Gasteiger partial charge on any atom is 0.322 e. The Hall–Kier alpha value is -3.55. The fraction of sp³-hybridized carbons (Fsp3) is 0.250. The molecule has 0 aliphatic rings. The molecule has 0 aliphatic carbocycles. The normalized spacial score (nSPS) is 10.4. The highest BCUT2D eigenvalue weighted by molar-refractivity contribution is 5.90. The summed E-state index contributed by atoms with van der Waals surface area (Å²) in [6.07, 6.45) is 0.181. The minimum Gasteiger partial charge on any atom is -0.494 e. The number of aromatic nitrogens is 2. The van der Waals surface area contributed by atoms with Gasteiger partial charge in [-0.15, -0.1) is 5.10 Å². The van der Waals surface area contributed by atoms with Gasteiger partial charge in [0.05, 0.1) is 27.2 Å². The first kappa shape index (κ1) is 19.2. The van der Waals surface area contributed by atoms with E-state index in [9.17, 15) is 4.79 Å². The van der Waals surface area contributed by atoms with Gasteiger partial charge in [0.25, 0.3) is 0 Å². The predicted molar refractivity (Wildman–Crippen MR) is 103 cm³/mol. The Morgan fingerprint density at radius 1 is 1.04 bits per heavy atom. The van der Waals surface area contributed by atoms with Crippen LogP contribution in [0.4, 0.5) is 6.01 Å².